The second-order valence-electron chi connectivity index (χ2n) is 14.4. The van der Waals surface area contributed by atoms with Crippen LogP contribution in [-0.2, 0) is 4.79 Å². The first-order valence-corrected chi connectivity index (χ1v) is 13.9. The summed E-state index contributed by atoms with van der Waals surface area (Å²) < 4.78 is 0. The number of nitrogens with zero attached hydrogens (tertiary/aromatic N) is 1. The van der Waals surface area contributed by atoms with Crippen molar-refractivity contribution in [2.24, 2.45) is 61.8 Å². The molecule has 190 valence electrons. The molecule has 5 fully saturated rings. The first kappa shape index (κ1) is 24.4. The molecule has 34 heavy (non-hydrogen) atoms. The number of carbonyl (C=O) groups is 1. The standard InChI is InChI=1S/C30H47NO3/c1-18(2)19-10-15-30(25(32)33)17-16-28(6)20(24(19)30)8-9-22-27(5)13-12-23(31-34)26(3,4)21(27)11-14-29(22,28)7/h19-22,24,34H,1,8-17H2,2-7H3,(H,32,33)/b31-23+/t19-,20-,21-,22+,24+,27-,28+,29+,30-/m0/s1. The molecule has 4 heteroatoms. The third-order valence-electron chi connectivity index (χ3n) is 13.4. The molecule has 0 saturated heterocycles. The molecule has 0 radical (unpaired) electrons. The first-order valence-electron chi connectivity index (χ1n) is 13.9. The topological polar surface area (TPSA) is 69.9 Å². The van der Waals surface area contributed by atoms with E-state index in [1.54, 1.807) is 0 Å². The van der Waals surface area contributed by atoms with E-state index in [2.05, 4.69) is 53.3 Å². The van der Waals surface area contributed by atoms with Crippen molar-refractivity contribution >= 4 is 11.7 Å². The van der Waals surface area contributed by atoms with Crippen LogP contribution in [0, 0.1) is 56.7 Å². The summed E-state index contributed by atoms with van der Waals surface area (Å²) in [7, 11) is 0. The van der Waals surface area contributed by atoms with Crippen molar-refractivity contribution in [3.8, 4) is 0 Å². The van der Waals surface area contributed by atoms with E-state index in [9.17, 15) is 15.1 Å². The van der Waals surface area contributed by atoms with Gasteiger partial charge < -0.3 is 10.3 Å². The van der Waals surface area contributed by atoms with Crippen LogP contribution in [0.1, 0.15) is 106 Å². The highest BCUT2D eigenvalue weighted by Crippen LogP contribution is 2.77. The molecule has 0 bridgehead atoms. The van der Waals surface area contributed by atoms with Crippen molar-refractivity contribution in [3.63, 3.8) is 0 Å². The number of allylic oxidation sites excluding steroid dienone is 1. The molecular formula is C30H47NO3. The molecule has 5 saturated carbocycles. The lowest BCUT2D eigenvalue weighted by Crippen LogP contribution is -2.66. The van der Waals surface area contributed by atoms with Crippen molar-refractivity contribution in [3.05, 3.63) is 12.2 Å². The lowest BCUT2D eigenvalue weighted by Gasteiger charge is -2.72. The minimum atomic E-state index is -0.545. The largest absolute Gasteiger partial charge is 0.481 e. The molecule has 0 aliphatic heterocycles. The summed E-state index contributed by atoms with van der Waals surface area (Å²) in [6.07, 6.45) is 10.5. The number of hydrogen-bond donors (Lipinski definition) is 2. The molecule has 0 heterocycles. The maximum Gasteiger partial charge on any atom is 0.309 e. The highest BCUT2D eigenvalue weighted by Gasteiger charge is 2.71. The number of hydrogen-bond acceptors (Lipinski definition) is 3. The van der Waals surface area contributed by atoms with Gasteiger partial charge in [-0.2, -0.15) is 0 Å². The summed E-state index contributed by atoms with van der Waals surface area (Å²) in [6.45, 7) is 18.8. The van der Waals surface area contributed by atoms with Gasteiger partial charge in [0.15, 0.2) is 0 Å². The Bertz CT molecular complexity index is 937. The SMILES string of the molecule is C=C(C)[C@@H]1CC[C@]2(C(=O)O)CC[C@]3(C)[C@@H](CC[C@@H]4[C@@]5(C)CC/C(=N\O)C(C)(C)[C@@H]5CC[C@]43C)[C@@H]12. The van der Waals surface area contributed by atoms with Gasteiger partial charge in [-0.25, -0.2) is 0 Å². The molecule has 0 amide bonds. The molecule has 2 N–H and O–H groups in total. The number of oxime groups is 1. The Labute approximate surface area is 206 Å². The van der Waals surface area contributed by atoms with Gasteiger partial charge in [0.05, 0.1) is 11.1 Å². The minimum Gasteiger partial charge on any atom is -0.481 e. The van der Waals surface area contributed by atoms with E-state index in [0.29, 0.717) is 23.7 Å². The van der Waals surface area contributed by atoms with Crippen LogP contribution in [0.5, 0.6) is 0 Å². The van der Waals surface area contributed by atoms with Gasteiger partial charge in [0, 0.05) is 5.41 Å². The fourth-order valence-corrected chi connectivity index (χ4v) is 11.5. The smallest absolute Gasteiger partial charge is 0.309 e. The van der Waals surface area contributed by atoms with Crippen LogP contribution in [0.4, 0.5) is 0 Å². The maximum absolute atomic E-state index is 12.8. The predicted molar refractivity (Wildman–Crippen MR) is 136 cm³/mol. The zero-order chi connectivity index (χ0) is 24.9. The lowest BCUT2D eigenvalue weighted by molar-refractivity contribution is -0.230. The van der Waals surface area contributed by atoms with Gasteiger partial charge in [-0.15, -0.1) is 0 Å². The van der Waals surface area contributed by atoms with Crippen LogP contribution in [0.3, 0.4) is 0 Å². The molecule has 5 aliphatic rings. The van der Waals surface area contributed by atoms with Crippen LogP contribution in [0.2, 0.25) is 0 Å². The molecule has 0 aromatic rings. The van der Waals surface area contributed by atoms with Crippen molar-refractivity contribution in [1.82, 2.24) is 0 Å². The third kappa shape index (κ3) is 2.72. The molecule has 9 atom stereocenters. The van der Waals surface area contributed by atoms with Crippen molar-refractivity contribution < 1.29 is 15.1 Å². The summed E-state index contributed by atoms with van der Waals surface area (Å²) in [5.74, 6) is 1.69. The number of carboxylic acids is 1. The highest BCUT2D eigenvalue weighted by molar-refractivity contribution is 5.90. The molecular weight excluding hydrogens is 422 g/mol. The van der Waals surface area contributed by atoms with Crippen molar-refractivity contribution in [1.29, 1.82) is 0 Å². The molecule has 0 spiro atoms. The average molecular weight is 470 g/mol. The summed E-state index contributed by atoms with van der Waals surface area (Å²) in [5.41, 5.74) is 2.20. The van der Waals surface area contributed by atoms with Gasteiger partial charge in [-0.3, -0.25) is 4.79 Å². The molecule has 0 aromatic heterocycles. The van der Waals surface area contributed by atoms with E-state index in [1.165, 1.54) is 24.8 Å². The Hall–Kier alpha value is -1.32. The fourth-order valence-electron chi connectivity index (χ4n) is 11.5. The van der Waals surface area contributed by atoms with E-state index in [-0.39, 0.29) is 27.6 Å². The highest BCUT2D eigenvalue weighted by atomic mass is 16.4. The second-order valence-corrected chi connectivity index (χ2v) is 14.4. The van der Waals surface area contributed by atoms with E-state index in [0.717, 1.165) is 50.7 Å². The molecule has 0 unspecified atom stereocenters. The Morgan fingerprint density at radius 3 is 2.24 bits per heavy atom. The number of aliphatic carboxylic acids is 1. The van der Waals surface area contributed by atoms with Crippen LogP contribution >= 0.6 is 0 Å². The van der Waals surface area contributed by atoms with Gasteiger partial charge in [0.1, 0.15) is 0 Å². The van der Waals surface area contributed by atoms with Crippen LogP contribution in [-0.4, -0.2) is 22.0 Å². The summed E-state index contributed by atoms with van der Waals surface area (Å²) in [6, 6.07) is 0. The van der Waals surface area contributed by atoms with E-state index in [4.69, 9.17) is 0 Å². The number of carboxylic acid groups (broad SMARTS) is 1. The molecule has 5 aliphatic carbocycles. The number of rotatable bonds is 2. The zero-order valence-corrected chi connectivity index (χ0v) is 22.4. The minimum absolute atomic E-state index is 0.0671. The zero-order valence-electron chi connectivity index (χ0n) is 22.4. The predicted octanol–water partition coefficient (Wildman–Crippen LogP) is 7.56. The van der Waals surface area contributed by atoms with E-state index >= 15 is 0 Å². The first-order chi connectivity index (χ1) is 15.8. The van der Waals surface area contributed by atoms with Crippen LogP contribution in [0.25, 0.3) is 0 Å². The van der Waals surface area contributed by atoms with E-state index in [1.807, 2.05) is 0 Å². The van der Waals surface area contributed by atoms with Gasteiger partial charge in [0.25, 0.3) is 0 Å². The second kappa shape index (κ2) is 7.35. The Kier molecular flexibility index (Phi) is 5.27. The molecule has 5 rings (SSSR count). The monoisotopic (exact) mass is 469 g/mol. The Morgan fingerprint density at radius 2 is 1.62 bits per heavy atom. The fraction of sp³-hybridized carbons (Fsp3) is 0.867. The Morgan fingerprint density at radius 1 is 0.912 bits per heavy atom. The van der Waals surface area contributed by atoms with Gasteiger partial charge >= 0.3 is 5.97 Å². The van der Waals surface area contributed by atoms with Crippen molar-refractivity contribution in [2.45, 2.75) is 106 Å². The summed E-state index contributed by atoms with van der Waals surface area (Å²) >= 11 is 0. The molecule has 4 nitrogen and oxygen atoms in total. The van der Waals surface area contributed by atoms with Crippen molar-refractivity contribution in [2.75, 3.05) is 0 Å². The summed E-state index contributed by atoms with van der Waals surface area (Å²) in [4.78, 5) is 12.8. The molecule has 0 aromatic carbocycles. The summed E-state index contributed by atoms with van der Waals surface area (Å²) in [5, 5.41) is 24.0. The van der Waals surface area contributed by atoms with Crippen LogP contribution in [0.15, 0.2) is 17.3 Å². The van der Waals surface area contributed by atoms with Crippen LogP contribution < -0.4 is 0 Å². The van der Waals surface area contributed by atoms with Gasteiger partial charge in [-0.1, -0.05) is 51.9 Å². The third-order valence-corrected chi connectivity index (χ3v) is 13.4. The van der Waals surface area contributed by atoms with Gasteiger partial charge in [-0.05, 0) is 117 Å². The number of fused-ring (bicyclic) bond motifs is 7. The average Bonchev–Trinajstić information content (AvgIpc) is 3.15. The van der Waals surface area contributed by atoms with Gasteiger partial charge in [0.2, 0.25) is 0 Å². The quantitative estimate of drug-likeness (QED) is 0.249. The Balaban J connectivity index is 1.56. The maximum atomic E-state index is 12.8. The van der Waals surface area contributed by atoms with E-state index < -0.39 is 11.4 Å². The lowest BCUT2D eigenvalue weighted by atomic mass is 9.32. The normalized spacial score (nSPS) is 52.8.